The Morgan fingerprint density at radius 1 is 1.14 bits per heavy atom. The van der Waals surface area contributed by atoms with Gasteiger partial charge in [-0.2, -0.15) is 0 Å². The normalized spacial score (nSPS) is 24.5. The average Bonchev–Trinajstić information content (AvgIpc) is 3.28. The Hall–Kier alpha value is -2.68. The summed E-state index contributed by atoms with van der Waals surface area (Å²) in [5.74, 6) is -5.77. The molecule has 0 radical (unpaired) electrons. The van der Waals surface area contributed by atoms with E-state index in [2.05, 4.69) is 10.3 Å². The lowest BCUT2D eigenvalue weighted by molar-refractivity contribution is -0.178. The topological polar surface area (TPSA) is 138 Å². The molecule has 4 N–H and O–H groups in total. The van der Waals surface area contributed by atoms with Crippen molar-refractivity contribution in [3.8, 4) is 11.3 Å². The smallest absolute Gasteiger partial charge is 0.336 e. The first-order chi connectivity index (χ1) is 16.6. The van der Waals surface area contributed by atoms with E-state index in [1.807, 2.05) is 0 Å². The number of ether oxygens (including phenoxy) is 1. The van der Waals surface area contributed by atoms with E-state index < -0.39 is 59.8 Å². The van der Waals surface area contributed by atoms with Crippen LogP contribution in [0, 0.1) is 17.5 Å². The Kier molecular flexibility index (Phi) is 7.35. The van der Waals surface area contributed by atoms with Crippen LogP contribution in [-0.4, -0.2) is 71.7 Å². The summed E-state index contributed by atoms with van der Waals surface area (Å²) in [4.78, 5) is 11.7. The summed E-state index contributed by atoms with van der Waals surface area (Å²) >= 11 is 6.79. The summed E-state index contributed by atoms with van der Waals surface area (Å²) in [5, 5.41) is 48.7. The van der Waals surface area contributed by atoms with Gasteiger partial charge in [0.05, 0.1) is 18.4 Å². The quantitative estimate of drug-likeness (QED) is 0.353. The molecule has 1 aliphatic rings. The van der Waals surface area contributed by atoms with Gasteiger partial charge in [0, 0.05) is 15.5 Å². The molecule has 3 aromatic rings. The Balaban J connectivity index is 1.67. The average molecular weight is 532 g/mol. The molecule has 2 aromatic carbocycles. The monoisotopic (exact) mass is 531 g/mol. The number of hydrogen-bond donors (Lipinski definition) is 4. The molecular formula is C21H17ClF3N3O6S. The molecule has 0 aliphatic carbocycles. The number of halogens is 4. The number of carbonyl (C=O) groups is 1. The van der Waals surface area contributed by atoms with Crippen LogP contribution in [-0.2, 0) is 4.74 Å². The van der Waals surface area contributed by atoms with Crippen molar-refractivity contribution in [1.82, 2.24) is 15.0 Å². The van der Waals surface area contributed by atoms with E-state index >= 15 is 0 Å². The third-order valence-electron chi connectivity index (χ3n) is 5.36. The number of aromatic nitrogens is 3. The van der Waals surface area contributed by atoms with Crippen molar-refractivity contribution >= 4 is 29.3 Å². The Morgan fingerprint density at radius 3 is 2.46 bits per heavy atom. The van der Waals surface area contributed by atoms with Crippen LogP contribution in [0.2, 0.25) is 5.02 Å². The minimum atomic E-state index is -1.65. The molecule has 1 saturated heterocycles. The standard InChI is InChI=1S/C21H17ClF3N3O6S/c22-9-1-2-10(20(32)33)15(5-9)35-21-19(31)17(18(30)14(7-29)34-21)28-6-13(26-27-28)8-3-11(23)16(25)12(24)4-8/h1-6,14,17-19,21,29-31H,7H2,(H,32,33)/t14?,17?,18-,19-,21+/m0/s1. The molecule has 1 fully saturated rings. The number of aliphatic hydroxyl groups excluding tert-OH is 3. The summed E-state index contributed by atoms with van der Waals surface area (Å²) in [6.07, 6.45) is -3.05. The zero-order valence-corrected chi connectivity index (χ0v) is 19.0. The number of aromatic carboxylic acids is 1. The minimum absolute atomic E-state index is 0.0820. The van der Waals surface area contributed by atoms with Gasteiger partial charge in [0.15, 0.2) is 17.5 Å². The fourth-order valence-electron chi connectivity index (χ4n) is 3.63. The number of nitrogens with zero attached hydrogens (tertiary/aromatic N) is 3. The lowest BCUT2D eigenvalue weighted by Crippen LogP contribution is -2.55. The van der Waals surface area contributed by atoms with Crippen LogP contribution in [0.15, 0.2) is 41.4 Å². The maximum absolute atomic E-state index is 13.6. The summed E-state index contributed by atoms with van der Waals surface area (Å²) in [7, 11) is 0. The van der Waals surface area contributed by atoms with Gasteiger partial charge in [-0.3, -0.25) is 0 Å². The molecule has 0 spiro atoms. The second-order valence-corrected chi connectivity index (χ2v) is 9.18. The van der Waals surface area contributed by atoms with Gasteiger partial charge in [-0.05, 0) is 30.3 Å². The number of carboxylic acids is 1. The highest BCUT2D eigenvalue weighted by atomic mass is 35.5. The predicted molar refractivity (Wildman–Crippen MR) is 116 cm³/mol. The van der Waals surface area contributed by atoms with Crippen molar-refractivity contribution < 1.29 is 43.1 Å². The minimum Gasteiger partial charge on any atom is -0.478 e. The Morgan fingerprint density at radius 2 is 1.83 bits per heavy atom. The molecule has 2 unspecified atom stereocenters. The number of hydrogen-bond acceptors (Lipinski definition) is 8. The molecule has 4 rings (SSSR count). The fourth-order valence-corrected chi connectivity index (χ4v) is 5.09. The first-order valence-corrected chi connectivity index (χ1v) is 11.2. The van der Waals surface area contributed by atoms with E-state index in [0.29, 0.717) is 12.1 Å². The molecule has 0 amide bonds. The third-order valence-corrected chi connectivity index (χ3v) is 6.81. The van der Waals surface area contributed by atoms with Gasteiger partial charge in [0.2, 0.25) is 0 Å². The molecule has 1 aromatic heterocycles. The molecule has 186 valence electrons. The van der Waals surface area contributed by atoms with Crippen LogP contribution in [0.5, 0.6) is 0 Å². The zero-order chi connectivity index (χ0) is 25.4. The molecular weight excluding hydrogens is 515 g/mol. The largest absolute Gasteiger partial charge is 0.478 e. The maximum Gasteiger partial charge on any atom is 0.336 e. The number of benzene rings is 2. The molecule has 2 heterocycles. The van der Waals surface area contributed by atoms with Crippen LogP contribution >= 0.6 is 23.4 Å². The first-order valence-electron chi connectivity index (χ1n) is 9.99. The fraction of sp³-hybridized carbons (Fsp3) is 0.286. The SMILES string of the molecule is O=C(O)c1ccc(Cl)cc1S[C@H]1OC(CO)[C@H](O)C(n2cc(-c3cc(F)c(F)c(F)c3)nn2)[C@@H]1O. The van der Waals surface area contributed by atoms with Crippen molar-refractivity contribution in [3.05, 3.63) is 64.6 Å². The Bertz CT molecular complexity index is 1240. The van der Waals surface area contributed by atoms with Gasteiger partial charge >= 0.3 is 5.97 Å². The number of rotatable bonds is 6. The van der Waals surface area contributed by atoms with Gasteiger partial charge in [-0.25, -0.2) is 22.6 Å². The summed E-state index contributed by atoms with van der Waals surface area (Å²) in [6, 6.07) is 4.20. The van der Waals surface area contributed by atoms with Crippen LogP contribution in [0.25, 0.3) is 11.3 Å². The van der Waals surface area contributed by atoms with Gasteiger partial charge < -0.3 is 25.2 Å². The lowest BCUT2D eigenvalue weighted by Gasteiger charge is -2.41. The van der Waals surface area contributed by atoms with Crippen LogP contribution in [0.3, 0.4) is 0 Å². The van der Waals surface area contributed by atoms with Crippen LogP contribution in [0.4, 0.5) is 13.2 Å². The second kappa shape index (κ2) is 10.1. The summed E-state index contributed by atoms with van der Waals surface area (Å²) < 4.78 is 47.2. The molecule has 14 heteroatoms. The van der Waals surface area contributed by atoms with Crippen molar-refractivity contribution in [1.29, 1.82) is 0 Å². The van der Waals surface area contributed by atoms with Gasteiger partial charge in [0.25, 0.3) is 0 Å². The molecule has 5 atom stereocenters. The van der Waals surface area contributed by atoms with E-state index in [-0.39, 0.29) is 26.7 Å². The summed E-state index contributed by atoms with van der Waals surface area (Å²) in [6.45, 7) is -0.654. The number of thioether (sulfide) groups is 1. The first kappa shape index (κ1) is 25.4. The van der Waals surface area contributed by atoms with E-state index in [9.17, 15) is 38.4 Å². The summed E-state index contributed by atoms with van der Waals surface area (Å²) in [5.41, 5.74) is -1.52. The van der Waals surface area contributed by atoms with Crippen molar-refractivity contribution in [3.63, 3.8) is 0 Å². The van der Waals surface area contributed by atoms with Crippen LogP contribution < -0.4 is 0 Å². The van der Waals surface area contributed by atoms with Crippen molar-refractivity contribution in [2.45, 2.75) is 34.7 Å². The van der Waals surface area contributed by atoms with E-state index in [1.54, 1.807) is 0 Å². The molecule has 0 bridgehead atoms. The highest BCUT2D eigenvalue weighted by Gasteiger charge is 2.46. The van der Waals surface area contributed by atoms with Gasteiger partial charge in [-0.1, -0.05) is 28.6 Å². The highest BCUT2D eigenvalue weighted by Crippen LogP contribution is 2.40. The Labute approximate surface area is 204 Å². The predicted octanol–water partition coefficient (Wildman–Crippen LogP) is 2.49. The van der Waals surface area contributed by atoms with Gasteiger partial charge in [0.1, 0.15) is 35.5 Å². The van der Waals surface area contributed by atoms with Crippen LogP contribution in [0.1, 0.15) is 16.4 Å². The number of aliphatic hydroxyl groups is 3. The molecule has 9 nitrogen and oxygen atoms in total. The maximum atomic E-state index is 13.6. The van der Waals surface area contributed by atoms with E-state index in [0.717, 1.165) is 16.4 Å². The lowest BCUT2D eigenvalue weighted by atomic mass is 9.97. The zero-order valence-electron chi connectivity index (χ0n) is 17.4. The molecule has 1 aliphatic heterocycles. The molecule has 35 heavy (non-hydrogen) atoms. The van der Waals surface area contributed by atoms with Crippen molar-refractivity contribution in [2.24, 2.45) is 0 Å². The molecule has 0 saturated carbocycles. The highest BCUT2D eigenvalue weighted by molar-refractivity contribution is 8.00. The van der Waals surface area contributed by atoms with Crippen molar-refractivity contribution in [2.75, 3.05) is 6.61 Å². The van der Waals surface area contributed by atoms with Gasteiger partial charge in [-0.15, -0.1) is 5.10 Å². The van der Waals surface area contributed by atoms with E-state index in [1.165, 1.54) is 24.4 Å². The second-order valence-electron chi connectivity index (χ2n) is 7.60. The number of carboxylic acid groups (broad SMARTS) is 1. The third kappa shape index (κ3) is 5.01. The van der Waals surface area contributed by atoms with E-state index in [4.69, 9.17) is 16.3 Å².